The van der Waals surface area contributed by atoms with Crippen molar-refractivity contribution in [1.29, 1.82) is 0 Å². The van der Waals surface area contributed by atoms with Crippen LogP contribution in [0.15, 0.2) is 47.5 Å². The van der Waals surface area contributed by atoms with Gasteiger partial charge in [-0.1, -0.05) is 24.3 Å². The molecule has 1 unspecified atom stereocenters. The van der Waals surface area contributed by atoms with Gasteiger partial charge in [0, 0.05) is 25.0 Å². The predicted octanol–water partition coefficient (Wildman–Crippen LogP) is 4.09. The molecule has 0 saturated carbocycles. The van der Waals surface area contributed by atoms with Crippen LogP contribution < -0.4 is 5.32 Å². The predicted molar refractivity (Wildman–Crippen MR) is 117 cm³/mol. The SMILES string of the molecule is Cc1cccc2c1C(C=Nc1ccc(CCCCN3CCOCC3)cc1)C(=O)N2. The third-order valence-corrected chi connectivity index (χ3v) is 5.78. The molecule has 1 atom stereocenters. The number of benzene rings is 2. The molecule has 1 N–H and O–H groups in total. The Morgan fingerprint density at radius 1 is 1.14 bits per heavy atom. The van der Waals surface area contributed by atoms with Crippen molar-refractivity contribution < 1.29 is 9.53 Å². The second-order valence-electron chi connectivity index (χ2n) is 7.86. The standard InChI is InChI=1S/C24H29N3O2/c1-18-5-4-7-22-23(18)21(24(28)26-22)17-25-20-10-8-19(9-11-20)6-2-3-12-27-13-15-29-16-14-27/h4-5,7-11,17,21H,2-3,6,12-16H2,1H3,(H,26,28). The van der Waals surface area contributed by atoms with Crippen molar-refractivity contribution in [3.63, 3.8) is 0 Å². The van der Waals surface area contributed by atoms with E-state index in [1.807, 2.05) is 37.3 Å². The molecule has 0 aromatic heterocycles. The van der Waals surface area contributed by atoms with Crippen molar-refractivity contribution in [1.82, 2.24) is 4.90 Å². The van der Waals surface area contributed by atoms with Crippen LogP contribution in [0, 0.1) is 6.92 Å². The van der Waals surface area contributed by atoms with Gasteiger partial charge in [-0.25, -0.2) is 0 Å². The lowest BCUT2D eigenvalue weighted by atomic mass is 9.97. The fourth-order valence-corrected chi connectivity index (χ4v) is 4.08. The van der Waals surface area contributed by atoms with E-state index in [0.29, 0.717) is 0 Å². The Hall–Kier alpha value is -2.50. The van der Waals surface area contributed by atoms with Crippen LogP contribution in [0.4, 0.5) is 11.4 Å². The Balaban J connectivity index is 1.29. The summed E-state index contributed by atoms with van der Waals surface area (Å²) in [5.74, 6) is -0.319. The van der Waals surface area contributed by atoms with E-state index in [2.05, 4.69) is 27.3 Å². The lowest BCUT2D eigenvalue weighted by Gasteiger charge is -2.26. The minimum Gasteiger partial charge on any atom is -0.379 e. The Morgan fingerprint density at radius 2 is 1.93 bits per heavy atom. The van der Waals surface area contributed by atoms with Crippen LogP contribution in [0.1, 0.15) is 35.4 Å². The first-order valence-electron chi connectivity index (χ1n) is 10.5. The Bertz CT molecular complexity index is 870. The van der Waals surface area contributed by atoms with Gasteiger partial charge in [-0.05, 0) is 67.6 Å². The summed E-state index contributed by atoms with van der Waals surface area (Å²) in [7, 11) is 0. The molecule has 2 aliphatic rings. The summed E-state index contributed by atoms with van der Waals surface area (Å²) in [6.07, 6.45) is 5.27. The van der Waals surface area contributed by atoms with Gasteiger partial charge in [0.15, 0.2) is 0 Å². The zero-order chi connectivity index (χ0) is 20.1. The number of nitrogens with zero attached hydrogens (tertiary/aromatic N) is 2. The summed E-state index contributed by atoms with van der Waals surface area (Å²) in [6, 6.07) is 14.3. The van der Waals surface area contributed by atoms with Gasteiger partial charge in [0.25, 0.3) is 0 Å². The number of unbranched alkanes of at least 4 members (excludes halogenated alkanes) is 1. The molecule has 2 aliphatic heterocycles. The summed E-state index contributed by atoms with van der Waals surface area (Å²) in [6.45, 7) is 7.07. The highest BCUT2D eigenvalue weighted by Gasteiger charge is 2.30. The molecule has 1 amide bonds. The average molecular weight is 392 g/mol. The molecule has 5 heteroatoms. The number of aryl methyl sites for hydroxylation is 2. The number of morpholine rings is 1. The Morgan fingerprint density at radius 3 is 2.72 bits per heavy atom. The van der Waals surface area contributed by atoms with Crippen LogP contribution in [-0.2, 0) is 16.0 Å². The van der Waals surface area contributed by atoms with Gasteiger partial charge in [-0.3, -0.25) is 14.7 Å². The first-order chi connectivity index (χ1) is 14.2. The summed E-state index contributed by atoms with van der Waals surface area (Å²) < 4.78 is 5.39. The summed E-state index contributed by atoms with van der Waals surface area (Å²) >= 11 is 0. The van der Waals surface area contributed by atoms with E-state index in [-0.39, 0.29) is 11.8 Å². The van der Waals surface area contributed by atoms with Crippen LogP contribution in [-0.4, -0.2) is 49.9 Å². The number of ether oxygens (including phenoxy) is 1. The fourth-order valence-electron chi connectivity index (χ4n) is 4.08. The molecule has 0 spiro atoms. The van der Waals surface area contributed by atoms with E-state index < -0.39 is 0 Å². The molecule has 1 saturated heterocycles. The number of hydrogen-bond acceptors (Lipinski definition) is 4. The van der Waals surface area contributed by atoms with E-state index in [1.54, 1.807) is 6.21 Å². The molecule has 0 aliphatic carbocycles. The number of fused-ring (bicyclic) bond motifs is 1. The van der Waals surface area contributed by atoms with E-state index in [9.17, 15) is 4.79 Å². The summed E-state index contributed by atoms with van der Waals surface area (Å²) in [5, 5.41) is 2.95. The topological polar surface area (TPSA) is 53.9 Å². The maximum atomic E-state index is 12.3. The number of aliphatic imine (C=N–C) groups is 1. The number of hydrogen-bond donors (Lipinski definition) is 1. The van der Waals surface area contributed by atoms with Crippen molar-refractivity contribution >= 4 is 23.5 Å². The van der Waals surface area contributed by atoms with Crippen molar-refractivity contribution in [2.75, 3.05) is 38.2 Å². The highest BCUT2D eigenvalue weighted by molar-refractivity contribution is 6.13. The highest BCUT2D eigenvalue weighted by atomic mass is 16.5. The molecule has 2 aromatic carbocycles. The Kier molecular flexibility index (Phi) is 6.37. The number of amides is 1. The van der Waals surface area contributed by atoms with Crippen LogP contribution in [0.3, 0.4) is 0 Å². The maximum absolute atomic E-state index is 12.3. The third-order valence-electron chi connectivity index (χ3n) is 5.78. The normalized spacial score (nSPS) is 19.5. The molecule has 152 valence electrons. The zero-order valence-electron chi connectivity index (χ0n) is 17.1. The van der Waals surface area contributed by atoms with Crippen LogP contribution in [0.25, 0.3) is 0 Å². The number of carbonyl (C=O) groups excluding carboxylic acids is 1. The van der Waals surface area contributed by atoms with Gasteiger partial charge in [0.2, 0.25) is 5.91 Å². The summed E-state index contributed by atoms with van der Waals surface area (Å²) in [4.78, 5) is 19.4. The van der Waals surface area contributed by atoms with Gasteiger partial charge >= 0.3 is 0 Å². The Labute approximate surface area is 172 Å². The quantitative estimate of drug-likeness (QED) is 0.571. The monoisotopic (exact) mass is 391 g/mol. The number of anilines is 1. The second-order valence-corrected chi connectivity index (χ2v) is 7.86. The molecule has 29 heavy (non-hydrogen) atoms. The van der Waals surface area contributed by atoms with E-state index in [0.717, 1.165) is 61.8 Å². The van der Waals surface area contributed by atoms with Gasteiger partial charge < -0.3 is 10.1 Å². The molecule has 4 rings (SSSR count). The first-order valence-corrected chi connectivity index (χ1v) is 10.5. The van der Waals surface area contributed by atoms with E-state index in [4.69, 9.17) is 4.74 Å². The van der Waals surface area contributed by atoms with E-state index in [1.165, 1.54) is 18.4 Å². The maximum Gasteiger partial charge on any atom is 0.237 e. The smallest absolute Gasteiger partial charge is 0.237 e. The number of rotatable bonds is 7. The fraction of sp³-hybridized carbons (Fsp3) is 0.417. The van der Waals surface area contributed by atoms with Gasteiger partial charge in [-0.2, -0.15) is 0 Å². The van der Waals surface area contributed by atoms with Crippen molar-refractivity contribution in [2.45, 2.75) is 32.1 Å². The van der Waals surface area contributed by atoms with Crippen molar-refractivity contribution in [3.05, 3.63) is 59.2 Å². The van der Waals surface area contributed by atoms with Crippen LogP contribution in [0.5, 0.6) is 0 Å². The van der Waals surface area contributed by atoms with Crippen LogP contribution >= 0.6 is 0 Å². The highest BCUT2D eigenvalue weighted by Crippen LogP contribution is 2.34. The largest absolute Gasteiger partial charge is 0.379 e. The van der Waals surface area contributed by atoms with E-state index >= 15 is 0 Å². The first kappa shape index (κ1) is 19.8. The minimum atomic E-state index is -0.314. The van der Waals surface area contributed by atoms with Gasteiger partial charge in [0.1, 0.15) is 5.92 Å². The van der Waals surface area contributed by atoms with Crippen LogP contribution in [0.2, 0.25) is 0 Å². The number of carbonyl (C=O) groups is 1. The van der Waals surface area contributed by atoms with Gasteiger partial charge in [-0.15, -0.1) is 0 Å². The lowest BCUT2D eigenvalue weighted by Crippen LogP contribution is -2.36. The number of nitrogens with one attached hydrogen (secondary N) is 1. The lowest BCUT2D eigenvalue weighted by molar-refractivity contribution is -0.115. The molecular weight excluding hydrogens is 362 g/mol. The molecule has 0 bridgehead atoms. The third kappa shape index (κ3) is 4.92. The molecule has 2 heterocycles. The average Bonchev–Trinajstić information content (AvgIpc) is 3.07. The summed E-state index contributed by atoms with van der Waals surface area (Å²) in [5.41, 5.74) is 5.28. The molecule has 2 aromatic rings. The van der Waals surface area contributed by atoms with Gasteiger partial charge in [0.05, 0.1) is 18.9 Å². The van der Waals surface area contributed by atoms with Crippen molar-refractivity contribution in [2.24, 2.45) is 4.99 Å². The second kappa shape index (κ2) is 9.33. The van der Waals surface area contributed by atoms with Crippen molar-refractivity contribution in [3.8, 4) is 0 Å². The minimum absolute atomic E-state index is 0.00469. The molecular formula is C24H29N3O2. The molecule has 5 nitrogen and oxygen atoms in total. The molecule has 0 radical (unpaired) electrons. The molecule has 1 fully saturated rings. The zero-order valence-corrected chi connectivity index (χ0v) is 17.1.